The first-order valence-corrected chi connectivity index (χ1v) is 6.11. The summed E-state index contributed by atoms with van der Waals surface area (Å²) < 4.78 is 0. The van der Waals surface area contributed by atoms with Crippen molar-refractivity contribution in [1.82, 2.24) is 0 Å². The standard InChI is InChI=1S/C15H20O/c1-11-7-9-13(10-8-11)15(16)14-6-4-3-5-12(14)2/h7-10,14-16H,2-6H2,1H3/t14-,15-/m0/s1. The maximum absolute atomic E-state index is 10.3. The summed E-state index contributed by atoms with van der Waals surface area (Å²) in [6, 6.07) is 8.18. The van der Waals surface area contributed by atoms with Crippen molar-refractivity contribution in [2.75, 3.05) is 0 Å². The molecule has 1 N–H and O–H groups in total. The van der Waals surface area contributed by atoms with Gasteiger partial charge in [-0.2, -0.15) is 0 Å². The Hall–Kier alpha value is -1.08. The Balaban J connectivity index is 2.14. The largest absolute Gasteiger partial charge is 0.388 e. The van der Waals surface area contributed by atoms with Crippen molar-refractivity contribution in [3.8, 4) is 0 Å². The third-order valence-corrected chi connectivity index (χ3v) is 3.59. The first-order chi connectivity index (χ1) is 7.68. The topological polar surface area (TPSA) is 20.2 Å². The van der Waals surface area contributed by atoms with Crippen LogP contribution in [0.1, 0.15) is 42.9 Å². The SMILES string of the molecule is C=C1CCCC[C@@H]1[C@@H](O)c1ccc(C)cc1. The molecule has 1 aliphatic rings. The maximum Gasteiger partial charge on any atom is 0.0855 e. The lowest BCUT2D eigenvalue weighted by molar-refractivity contribution is 0.112. The van der Waals surface area contributed by atoms with Crippen LogP contribution in [0.15, 0.2) is 36.4 Å². The van der Waals surface area contributed by atoms with Crippen LogP contribution in [0.25, 0.3) is 0 Å². The maximum atomic E-state index is 10.3. The van der Waals surface area contributed by atoms with Gasteiger partial charge >= 0.3 is 0 Å². The molecule has 1 heteroatoms. The molecule has 86 valence electrons. The van der Waals surface area contributed by atoms with Gasteiger partial charge in [-0.05, 0) is 31.7 Å². The fraction of sp³-hybridized carbons (Fsp3) is 0.467. The van der Waals surface area contributed by atoms with Crippen LogP contribution in [-0.4, -0.2) is 5.11 Å². The highest BCUT2D eigenvalue weighted by Gasteiger charge is 2.25. The Morgan fingerprint density at radius 1 is 1.25 bits per heavy atom. The normalized spacial score (nSPS) is 23.1. The Morgan fingerprint density at radius 2 is 1.94 bits per heavy atom. The molecule has 0 heterocycles. The summed E-state index contributed by atoms with van der Waals surface area (Å²) in [4.78, 5) is 0. The highest BCUT2D eigenvalue weighted by Crippen LogP contribution is 2.37. The minimum absolute atomic E-state index is 0.261. The zero-order valence-corrected chi connectivity index (χ0v) is 9.95. The van der Waals surface area contributed by atoms with E-state index in [1.807, 2.05) is 12.1 Å². The average Bonchev–Trinajstić information content (AvgIpc) is 2.30. The fourth-order valence-corrected chi connectivity index (χ4v) is 2.48. The van der Waals surface area contributed by atoms with Gasteiger partial charge in [0.15, 0.2) is 0 Å². The molecule has 0 aliphatic heterocycles. The molecule has 1 aliphatic carbocycles. The van der Waals surface area contributed by atoms with Gasteiger partial charge in [0.25, 0.3) is 0 Å². The van der Waals surface area contributed by atoms with E-state index in [1.165, 1.54) is 24.0 Å². The van der Waals surface area contributed by atoms with Gasteiger partial charge in [0, 0.05) is 5.92 Å². The number of aliphatic hydroxyl groups excluding tert-OH is 1. The van der Waals surface area contributed by atoms with Crippen LogP contribution in [0.5, 0.6) is 0 Å². The third-order valence-electron chi connectivity index (χ3n) is 3.59. The quantitative estimate of drug-likeness (QED) is 0.746. The van der Waals surface area contributed by atoms with Gasteiger partial charge in [-0.25, -0.2) is 0 Å². The van der Waals surface area contributed by atoms with Crippen molar-refractivity contribution < 1.29 is 5.11 Å². The van der Waals surface area contributed by atoms with Crippen molar-refractivity contribution in [1.29, 1.82) is 0 Å². The summed E-state index contributed by atoms with van der Waals surface area (Å²) in [5.74, 6) is 0.261. The van der Waals surface area contributed by atoms with E-state index in [4.69, 9.17) is 0 Å². The number of hydrogen-bond acceptors (Lipinski definition) is 1. The molecular weight excluding hydrogens is 196 g/mol. The molecule has 0 saturated heterocycles. The summed E-state index contributed by atoms with van der Waals surface area (Å²) in [6.45, 7) is 6.16. The second-order valence-corrected chi connectivity index (χ2v) is 4.87. The van der Waals surface area contributed by atoms with E-state index in [2.05, 4.69) is 25.6 Å². The van der Waals surface area contributed by atoms with Gasteiger partial charge in [0.2, 0.25) is 0 Å². The zero-order chi connectivity index (χ0) is 11.5. The zero-order valence-electron chi connectivity index (χ0n) is 9.95. The van der Waals surface area contributed by atoms with Gasteiger partial charge in [-0.3, -0.25) is 0 Å². The van der Waals surface area contributed by atoms with Crippen molar-refractivity contribution in [2.24, 2.45) is 5.92 Å². The molecule has 0 amide bonds. The Morgan fingerprint density at radius 3 is 2.56 bits per heavy atom. The van der Waals surface area contributed by atoms with E-state index in [0.717, 1.165) is 18.4 Å². The fourth-order valence-electron chi connectivity index (χ4n) is 2.48. The molecular formula is C15H20O. The van der Waals surface area contributed by atoms with Gasteiger partial charge in [-0.15, -0.1) is 0 Å². The van der Waals surface area contributed by atoms with Gasteiger partial charge in [0.1, 0.15) is 0 Å². The minimum Gasteiger partial charge on any atom is -0.388 e. The summed E-state index contributed by atoms with van der Waals surface area (Å²) in [6.07, 6.45) is 4.23. The van der Waals surface area contributed by atoms with Crippen molar-refractivity contribution >= 4 is 0 Å². The summed E-state index contributed by atoms with van der Waals surface area (Å²) in [5, 5.41) is 10.3. The molecule has 0 aromatic heterocycles. The number of rotatable bonds is 2. The molecule has 1 aromatic rings. The van der Waals surface area contributed by atoms with Crippen LogP contribution in [0, 0.1) is 12.8 Å². The smallest absolute Gasteiger partial charge is 0.0855 e. The molecule has 1 fully saturated rings. The monoisotopic (exact) mass is 216 g/mol. The van der Waals surface area contributed by atoms with Crippen molar-refractivity contribution in [3.63, 3.8) is 0 Å². The second-order valence-electron chi connectivity index (χ2n) is 4.87. The summed E-state index contributed by atoms with van der Waals surface area (Å²) in [7, 11) is 0. The molecule has 0 bridgehead atoms. The lowest BCUT2D eigenvalue weighted by atomic mass is 9.79. The van der Waals surface area contributed by atoms with Crippen LogP contribution < -0.4 is 0 Å². The molecule has 0 unspecified atom stereocenters. The van der Waals surface area contributed by atoms with E-state index < -0.39 is 0 Å². The molecule has 1 nitrogen and oxygen atoms in total. The molecule has 0 radical (unpaired) electrons. The van der Waals surface area contributed by atoms with E-state index in [0.29, 0.717) is 0 Å². The first kappa shape index (κ1) is 11.4. The molecule has 1 saturated carbocycles. The summed E-state index contributed by atoms with van der Waals surface area (Å²) >= 11 is 0. The van der Waals surface area contributed by atoms with E-state index in [9.17, 15) is 5.11 Å². The van der Waals surface area contributed by atoms with Crippen LogP contribution in [0.3, 0.4) is 0 Å². The van der Waals surface area contributed by atoms with Crippen LogP contribution in [-0.2, 0) is 0 Å². The van der Waals surface area contributed by atoms with Crippen LogP contribution in [0.4, 0.5) is 0 Å². The molecule has 16 heavy (non-hydrogen) atoms. The van der Waals surface area contributed by atoms with E-state index in [-0.39, 0.29) is 12.0 Å². The Labute approximate surface area is 97.8 Å². The highest BCUT2D eigenvalue weighted by molar-refractivity contribution is 5.25. The van der Waals surface area contributed by atoms with E-state index >= 15 is 0 Å². The predicted octanol–water partition coefficient (Wildman–Crippen LogP) is 3.77. The number of aliphatic hydroxyl groups is 1. The van der Waals surface area contributed by atoms with Crippen LogP contribution in [0.2, 0.25) is 0 Å². The van der Waals surface area contributed by atoms with Crippen molar-refractivity contribution in [3.05, 3.63) is 47.5 Å². The predicted molar refractivity (Wildman–Crippen MR) is 67.2 cm³/mol. The van der Waals surface area contributed by atoms with Gasteiger partial charge < -0.3 is 5.11 Å². The molecule has 2 atom stereocenters. The molecule has 1 aromatic carbocycles. The van der Waals surface area contributed by atoms with Crippen LogP contribution >= 0.6 is 0 Å². The summed E-state index contributed by atoms with van der Waals surface area (Å²) in [5.41, 5.74) is 3.48. The van der Waals surface area contributed by atoms with E-state index in [1.54, 1.807) is 0 Å². The average molecular weight is 216 g/mol. The third kappa shape index (κ3) is 2.35. The molecule has 0 spiro atoms. The Bertz CT molecular complexity index is 364. The Kier molecular flexibility index (Phi) is 3.45. The second kappa shape index (κ2) is 4.84. The lowest BCUT2D eigenvalue weighted by Gasteiger charge is -2.29. The number of benzene rings is 1. The highest BCUT2D eigenvalue weighted by atomic mass is 16.3. The first-order valence-electron chi connectivity index (χ1n) is 6.11. The van der Waals surface area contributed by atoms with Gasteiger partial charge in [-0.1, -0.05) is 48.4 Å². The minimum atomic E-state index is -0.367. The number of aryl methyl sites for hydroxylation is 1. The lowest BCUT2D eigenvalue weighted by Crippen LogP contribution is -2.18. The van der Waals surface area contributed by atoms with Gasteiger partial charge in [0.05, 0.1) is 6.10 Å². The van der Waals surface area contributed by atoms with Crippen molar-refractivity contribution in [2.45, 2.75) is 38.7 Å². The number of hydrogen-bond donors (Lipinski definition) is 1. The molecule has 2 rings (SSSR count).